The fourth-order valence-corrected chi connectivity index (χ4v) is 5.37. The van der Waals surface area contributed by atoms with Gasteiger partial charge in [-0.05, 0) is 67.9 Å². The highest BCUT2D eigenvalue weighted by molar-refractivity contribution is 5.92. The molecule has 5 rings (SSSR count). The Morgan fingerprint density at radius 2 is 1.76 bits per heavy atom. The fraction of sp³-hybridized carbons (Fsp3) is 0.647. The van der Waals surface area contributed by atoms with Crippen molar-refractivity contribution in [2.24, 2.45) is 23.7 Å². The number of hydrogen-bond donors (Lipinski definition) is 0. The number of hydrogen-bond acceptors (Lipinski definition) is 2. The average molecular weight is 288 g/mol. The summed E-state index contributed by atoms with van der Waals surface area (Å²) in [5.74, 6) is 2.35. The van der Waals surface area contributed by atoms with Gasteiger partial charge in [-0.1, -0.05) is 6.07 Å². The summed E-state index contributed by atoms with van der Waals surface area (Å²) in [4.78, 5) is 18.2. The number of aromatic nitrogens is 1. The summed E-state index contributed by atoms with van der Waals surface area (Å²) in [7, 11) is 1.88. The van der Waals surface area contributed by atoms with Gasteiger partial charge < -0.3 is 4.90 Å². The van der Waals surface area contributed by atoms with Crippen LogP contribution in [-0.4, -0.2) is 28.9 Å². The quantitative estimate of drug-likeness (QED) is 0.783. The zero-order chi connectivity index (χ0) is 14.6. The first kappa shape index (κ1) is 13.2. The van der Waals surface area contributed by atoms with Crippen LogP contribution in [0.15, 0.2) is 18.2 Å². The van der Waals surface area contributed by atoms with Gasteiger partial charge >= 0.3 is 0 Å². The monoisotopic (exact) mass is 288 g/mol. The van der Waals surface area contributed by atoms with Crippen LogP contribution in [0.2, 0.25) is 0 Å². The molecule has 0 saturated heterocycles. The lowest BCUT2D eigenvalue weighted by Crippen LogP contribution is -2.56. The van der Waals surface area contributed by atoms with E-state index in [2.05, 4.69) is 4.98 Å². The van der Waals surface area contributed by atoms with Gasteiger partial charge in [-0.2, -0.15) is 4.39 Å². The maximum atomic E-state index is 13.2. The standard InChI is InChI=1S/C17H21FN2O/c1-20(17(21)14-3-2-4-15(18)19-14)16-12-6-10-5-11(8-12)9-13(16)7-10/h2-4,10-13,16H,5-9H2,1H3. The summed E-state index contributed by atoms with van der Waals surface area (Å²) in [6.45, 7) is 0. The van der Waals surface area contributed by atoms with Gasteiger partial charge in [0.2, 0.25) is 5.95 Å². The first-order chi connectivity index (χ1) is 10.1. The molecule has 4 heteroatoms. The van der Waals surface area contributed by atoms with Gasteiger partial charge in [-0.15, -0.1) is 0 Å². The molecule has 0 N–H and O–H groups in total. The SMILES string of the molecule is CN(C(=O)c1cccc(F)n1)C1C2CC3CC(C2)CC1C3. The van der Waals surface area contributed by atoms with Gasteiger partial charge in [0.1, 0.15) is 5.69 Å². The molecule has 1 aromatic heterocycles. The third-order valence-corrected chi connectivity index (χ3v) is 5.88. The average Bonchev–Trinajstić information content (AvgIpc) is 2.45. The van der Waals surface area contributed by atoms with E-state index in [1.807, 2.05) is 11.9 Å². The molecular weight excluding hydrogens is 267 g/mol. The third kappa shape index (κ3) is 2.16. The van der Waals surface area contributed by atoms with Crippen LogP contribution in [0.1, 0.15) is 42.6 Å². The van der Waals surface area contributed by atoms with E-state index >= 15 is 0 Å². The van der Waals surface area contributed by atoms with Crippen LogP contribution in [0.25, 0.3) is 0 Å². The lowest BCUT2D eigenvalue weighted by Gasteiger charge is -2.56. The molecule has 21 heavy (non-hydrogen) atoms. The Hall–Kier alpha value is -1.45. The minimum Gasteiger partial charge on any atom is -0.337 e. The minimum absolute atomic E-state index is 0.132. The fourth-order valence-electron chi connectivity index (χ4n) is 5.37. The van der Waals surface area contributed by atoms with E-state index in [4.69, 9.17) is 0 Å². The second-order valence-corrected chi connectivity index (χ2v) is 7.18. The van der Waals surface area contributed by atoms with Crippen molar-refractivity contribution in [3.63, 3.8) is 0 Å². The zero-order valence-electron chi connectivity index (χ0n) is 12.3. The van der Waals surface area contributed by atoms with Crippen LogP contribution in [0.3, 0.4) is 0 Å². The predicted molar refractivity (Wildman–Crippen MR) is 77.1 cm³/mol. The molecule has 4 bridgehead atoms. The topological polar surface area (TPSA) is 33.2 Å². The van der Waals surface area contributed by atoms with Crippen molar-refractivity contribution in [1.29, 1.82) is 0 Å². The van der Waals surface area contributed by atoms with Crippen LogP contribution in [0, 0.1) is 29.6 Å². The molecular formula is C17H21FN2O. The lowest BCUT2D eigenvalue weighted by molar-refractivity contribution is -0.0492. The number of rotatable bonds is 2. The minimum atomic E-state index is -0.584. The highest BCUT2D eigenvalue weighted by atomic mass is 19.1. The highest BCUT2D eigenvalue weighted by Gasteiger charge is 2.50. The molecule has 4 aliphatic carbocycles. The Balaban J connectivity index is 1.57. The predicted octanol–water partition coefficient (Wildman–Crippen LogP) is 3.12. The Bertz CT molecular complexity index is 546. The van der Waals surface area contributed by atoms with Crippen LogP contribution in [0.4, 0.5) is 4.39 Å². The van der Waals surface area contributed by atoms with E-state index < -0.39 is 5.95 Å². The van der Waals surface area contributed by atoms with Gasteiger partial charge in [0.05, 0.1) is 0 Å². The third-order valence-electron chi connectivity index (χ3n) is 5.88. The molecule has 1 aromatic rings. The van der Waals surface area contributed by atoms with E-state index in [1.165, 1.54) is 38.2 Å². The number of halogens is 1. The second kappa shape index (κ2) is 4.79. The van der Waals surface area contributed by atoms with Crippen molar-refractivity contribution in [3.05, 3.63) is 29.8 Å². The Morgan fingerprint density at radius 3 is 2.33 bits per heavy atom. The first-order valence-electron chi connectivity index (χ1n) is 8.01. The maximum Gasteiger partial charge on any atom is 0.272 e. The van der Waals surface area contributed by atoms with Crippen LogP contribution in [-0.2, 0) is 0 Å². The number of amides is 1. The van der Waals surface area contributed by atoms with Gasteiger partial charge in [0.25, 0.3) is 5.91 Å². The summed E-state index contributed by atoms with van der Waals surface area (Å²) in [6.07, 6.45) is 6.48. The highest BCUT2D eigenvalue weighted by Crippen LogP contribution is 2.55. The van der Waals surface area contributed by atoms with Crippen molar-refractivity contribution in [1.82, 2.24) is 9.88 Å². The molecule has 0 aliphatic heterocycles. The number of carbonyl (C=O) groups excluding carboxylic acids is 1. The van der Waals surface area contributed by atoms with Crippen LogP contribution < -0.4 is 0 Å². The summed E-state index contributed by atoms with van der Waals surface area (Å²) >= 11 is 0. The maximum absolute atomic E-state index is 13.2. The smallest absolute Gasteiger partial charge is 0.272 e. The van der Waals surface area contributed by atoms with E-state index in [0.29, 0.717) is 17.9 Å². The molecule has 0 unspecified atom stereocenters. The van der Waals surface area contributed by atoms with E-state index in [0.717, 1.165) is 11.8 Å². The molecule has 0 spiro atoms. The molecule has 112 valence electrons. The van der Waals surface area contributed by atoms with Crippen molar-refractivity contribution in [3.8, 4) is 0 Å². The van der Waals surface area contributed by atoms with Gasteiger partial charge in [0.15, 0.2) is 0 Å². The Kier molecular flexibility index (Phi) is 3.02. The number of nitrogens with zero attached hydrogens (tertiary/aromatic N) is 2. The molecule has 0 radical (unpaired) electrons. The summed E-state index contributed by atoms with van der Waals surface area (Å²) in [5.41, 5.74) is 0.228. The summed E-state index contributed by atoms with van der Waals surface area (Å²) < 4.78 is 13.2. The Morgan fingerprint density at radius 1 is 1.14 bits per heavy atom. The molecule has 3 nitrogen and oxygen atoms in total. The first-order valence-corrected chi connectivity index (χ1v) is 8.01. The molecule has 4 fully saturated rings. The molecule has 0 aromatic carbocycles. The van der Waals surface area contributed by atoms with Crippen LogP contribution in [0.5, 0.6) is 0 Å². The molecule has 0 atom stereocenters. The molecule has 4 aliphatic rings. The van der Waals surface area contributed by atoms with E-state index in [1.54, 1.807) is 12.1 Å². The molecule has 1 heterocycles. The summed E-state index contributed by atoms with van der Waals surface area (Å²) in [6, 6.07) is 4.77. The van der Waals surface area contributed by atoms with Gasteiger partial charge in [0, 0.05) is 13.1 Å². The Labute approximate surface area is 124 Å². The lowest BCUT2D eigenvalue weighted by atomic mass is 9.54. The zero-order valence-corrected chi connectivity index (χ0v) is 12.3. The molecule has 1 amide bonds. The van der Waals surface area contributed by atoms with Crippen molar-refractivity contribution in [2.45, 2.75) is 38.1 Å². The van der Waals surface area contributed by atoms with Crippen molar-refractivity contribution < 1.29 is 9.18 Å². The van der Waals surface area contributed by atoms with E-state index in [9.17, 15) is 9.18 Å². The van der Waals surface area contributed by atoms with Gasteiger partial charge in [-0.3, -0.25) is 4.79 Å². The van der Waals surface area contributed by atoms with E-state index in [-0.39, 0.29) is 11.6 Å². The number of pyridine rings is 1. The van der Waals surface area contributed by atoms with Crippen molar-refractivity contribution in [2.75, 3.05) is 7.05 Å². The number of carbonyl (C=O) groups is 1. The van der Waals surface area contributed by atoms with Gasteiger partial charge in [-0.25, -0.2) is 4.98 Å². The largest absolute Gasteiger partial charge is 0.337 e. The molecule has 4 saturated carbocycles. The van der Waals surface area contributed by atoms with Crippen molar-refractivity contribution >= 4 is 5.91 Å². The summed E-state index contributed by atoms with van der Waals surface area (Å²) in [5, 5.41) is 0. The van der Waals surface area contributed by atoms with Crippen LogP contribution >= 0.6 is 0 Å². The normalized spacial score (nSPS) is 36.8. The second-order valence-electron chi connectivity index (χ2n) is 7.18.